The van der Waals surface area contributed by atoms with Gasteiger partial charge in [0, 0.05) is 19.2 Å². The molecule has 0 unspecified atom stereocenters. The molecule has 0 amide bonds. The summed E-state index contributed by atoms with van der Waals surface area (Å²) in [5, 5.41) is 0. The molecule has 1 aliphatic heterocycles. The van der Waals surface area contributed by atoms with Crippen molar-refractivity contribution in [3.05, 3.63) is 82.7 Å². The first-order valence-corrected chi connectivity index (χ1v) is 11.4. The van der Waals surface area contributed by atoms with E-state index in [9.17, 15) is 17.6 Å². The molecule has 1 saturated heterocycles. The van der Waals surface area contributed by atoms with Gasteiger partial charge in [0.25, 0.3) is 0 Å². The molecule has 0 N–H and O–H groups in total. The van der Waals surface area contributed by atoms with E-state index in [4.69, 9.17) is 9.15 Å². The summed E-state index contributed by atoms with van der Waals surface area (Å²) in [7, 11) is -3.62. The summed E-state index contributed by atoms with van der Waals surface area (Å²) in [6, 6.07) is 15.6. The molecule has 4 rings (SSSR count). The van der Waals surface area contributed by atoms with E-state index in [1.54, 1.807) is 49.4 Å². The quantitative estimate of drug-likeness (QED) is 0.596. The summed E-state index contributed by atoms with van der Waals surface area (Å²) in [6.45, 7) is 2.32. The number of benzene rings is 2. The van der Waals surface area contributed by atoms with Crippen LogP contribution in [0.5, 0.6) is 5.75 Å². The zero-order valence-corrected chi connectivity index (χ0v) is 17.8. The van der Waals surface area contributed by atoms with E-state index >= 15 is 0 Å². The third kappa shape index (κ3) is 4.86. The minimum absolute atomic E-state index is 0.173. The lowest BCUT2D eigenvalue weighted by molar-refractivity contribution is 0.134. The van der Waals surface area contributed by atoms with Crippen LogP contribution in [0.3, 0.4) is 0 Å². The van der Waals surface area contributed by atoms with Crippen molar-refractivity contribution < 1.29 is 22.0 Å². The van der Waals surface area contributed by atoms with Gasteiger partial charge in [-0.1, -0.05) is 24.3 Å². The van der Waals surface area contributed by atoms with Gasteiger partial charge in [0.15, 0.2) is 0 Å². The highest BCUT2D eigenvalue weighted by atomic mass is 32.2. The molecular weight excluding hydrogens is 421 g/mol. The predicted molar refractivity (Wildman–Crippen MR) is 114 cm³/mol. The molecule has 1 fully saturated rings. The smallest absolute Gasteiger partial charge is 0.339 e. The normalized spacial score (nSPS) is 15.7. The molecule has 0 bridgehead atoms. The van der Waals surface area contributed by atoms with E-state index in [0.717, 1.165) is 11.1 Å². The van der Waals surface area contributed by atoms with Gasteiger partial charge in [-0.3, -0.25) is 0 Å². The topological polar surface area (TPSA) is 76.8 Å². The van der Waals surface area contributed by atoms with Crippen LogP contribution in [0.1, 0.15) is 18.6 Å². The molecule has 0 radical (unpaired) electrons. The Labute approximate surface area is 179 Å². The third-order valence-electron chi connectivity index (χ3n) is 5.24. The van der Waals surface area contributed by atoms with Gasteiger partial charge < -0.3 is 9.15 Å². The molecule has 2 heterocycles. The number of sulfonamides is 1. The zero-order chi connectivity index (χ0) is 22.0. The van der Waals surface area contributed by atoms with Gasteiger partial charge in [-0.05, 0) is 55.2 Å². The van der Waals surface area contributed by atoms with Crippen molar-refractivity contribution in [3.8, 4) is 16.9 Å². The summed E-state index contributed by atoms with van der Waals surface area (Å²) in [6.07, 6.45) is 0.867. The molecule has 1 aromatic heterocycles. The van der Waals surface area contributed by atoms with Crippen molar-refractivity contribution in [3.63, 3.8) is 0 Å². The molecule has 1 aliphatic rings. The molecule has 2 aromatic carbocycles. The van der Waals surface area contributed by atoms with Gasteiger partial charge in [-0.15, -0.1) is 0 Å². The van der Waals surface area contributed by atoms with Crippen LogP contribution in [0.4, 0.5) is 4.39 Å². The van der Waals surface area contributed by atoms with Gasteiger partial charge in [0.2, 0.25) is 10.0 Å². The zero-order valence-electron chi connectivity index (χ0n) is 17.0. The number of halogens is 1. The molecule has 0 aliphatic carbocycles. The Kier molecular flexibility index (Phi) is 5.93. The van der Waals surface area contributed by atoms with E-state index in [0.29, 0.717) is 37.4 Å². The second-order valence-corrected chi connectivity index (χ2v) is 9.41. The van der Waals surface area contributed by atoms with Crippen LogP contribution in [0.15, 0.2) is 74.8 Å². The van der Waals surface area contributed by atoms with Gasteiger partial charge in [0.05, 0.1) is 11.0 Å². The van der Waals surface area contributed by atoms with Crippen LogP contribution in [0.25, 0.3) is 11.1 Å². The van der Waals surface area contributed by atoms with E-state index in [-0.39, 0.29) is 16.8 Å². The molecular formula is C23H22FNO5S. The van der Waals surface area contributed by atoms with E-state index in [1.165, 1.54) is 22.5 Å². The summed E-state index contributed by atoms with van der Waals surface area (Å²) in [5.41, 5.74) is 1.15. The fourth-order valence-electron chi connectivity index (χ4n) is 3.64. The molecule has 31 heavy (non-hydrogen) atoms. The Morgan fingerprint density at radius 3 is 2.13 bits per heavy atom. The van der Waals surface area contributed by atoms with Gasteiger partial charge in [0.1, 0.15) is 23.4 Å². The first-order valence-electron chi connectivity index (χ1n) is 9.96. The lowest BCUT2D eigenvalue weighted by Gasteiger charge is -2.31. The lowest BCUT2D eigenvalue weighted by atomic mass is 10.1. The second-order valence-electron chi connectivity index (χ2n) is 7.48. The van der Waals surface area contributed by atoms with Crippen molar-refractivity contribution in [2.75, 3.05) is 13.1 Å². The first-order chi connectivity index (χ1) is 14.8. The summed E-state index contributed by atoms with van der Waals surface area (Å²) >= 11 is 0. The van der Waals surface area contributed by atoms with Crippen LogP contribution >= 0.6 is 0 Å². The van der Waals surface area contributed by atoms with Crippen molar-refractivity contribution in [2.45, 2.75) is 30.8 Å². The number of piperidine rings is 1. The highest BCUT2D eigenvalue weighted by molar-refractivity contribution is 7.89. The summed E-state index contributed by atoms with van der Waals surface area (Å²) in [5.74, 6) is 0.583. The van der Waals surface area contributed by atoms with Gasteiger partial charge in [-0.2, -0.15) is 4.31 Å². The first kappa shape index (κ1) is 21.3. The average Bonchev–Trinajstić information content (AvgIpc) is 2.74. The second kappa shape index (κ2) is 8.64. The van der Waals surface area contributed by atoms with Crippen molar-refractivity contribution in [1.82, 2.24) is 4.31 Å². The van der Waals surface area contributed by atoms with Crippen molar-refractivity contribution in [1.29, 1.82) is 0 Å². The van der Waals surface area contributed by atoms with Crippen LogP contribution in [0.2, 0.25) is 0 Å². The average molecular weight is 443 g/mol. The van der Waals surface area contributed by atoms with Crippen LogP contribution in [0, 0.1) is 12.7 Å². The van der Waals surface area contributed by atoms with Crippen LogP contribution < -0.4 is 10.4 Å². The maximum Gasteiger partial charge on any atom is 0.339 e. The molecule has 6 nitrogen and oxygen atoms in total. The van der Waals surface area contributed by atoms with Crippen LogP contribution in [-0.2, 0) is 10.0 Å². The number of ether oxygens (including phenoxy) is 1. The largest absolute Gasteiger partial charge is 0.490 e. The predicted octanol–water partition coefficient (Wildman–Crippen LogP) is 3.99. The molecule has 8 heteroatoms. The highest BCUT2D eigenvalue weighted by Crippen LogP contribution is 2.26. The minimum Gasteiger partial charge on any atom is -0.490 e. The molecule has 162 valence electrons. The van der Waals surface area contributed by atoms with E-state index in [2.05, 4.69) is 0 Å². The van der Waals surface area contributed by atoms with E-state index in [1.807, 2.05) is 0 Å². The SMILES string of the molecule is Cc1cc(OC2CCN(S(=O)(=O)c3ccc(-c4ccc(F)cc4)cc3)CC2)cc(=O)o1. The highest BCUT2D eigenvalue weighted by Gasteiger charge is 2.30. The summed E-state index contributed by atoms with van der Waals surface area (Å²) < 4.78 is 51.4. The monoisotopic (exact) mass is 443 g/mol. The Balaban J connectivity index is 1.41. The Hall–Kier alpha value is -2.97. The lowest BCUT2D eigenvalue weighted by Crippen LogP contribution is -2.41. The fraction of sp³-hybridized carbons (Fsp3) is 0.261. The maximum atomic E-state index is 13.1. The standard InChI is InChI=1S/C23H22FNO5S/c1-16-14-21(15-23(26)29-16)30-20-10-12-25(13-11-20)31(27,28)22-8-4-18(5-9-22)17-2-6-19(24)7-3-17/h2-9,14-15,20H,10-13H2,1H3. The minimum atomic E-state index is -3.62. The van der Waals surface area contributed by atoms with Gasteiger partial charge >= 0.3 is 5.63 Å². The van der Waals surface area contributed by atoms with Crippen molar-refractivity contribution in [2.24, 2.45) is 0 Å². The summed E-state index contributed by atoms with van der Waals surface area (Å²) in [4.78, 5) is 11.7. The van der Waals surface area contributed by atoms with E-state index < -0.39 is 15.6 Å². The molecule has 3 aromatic rings. The third-order valence-corrected chi connectivity index (χ3v) is 7.15. The molecule has 0 saturated carbocycles. The molecule has 0 atom stereocenters. The molecule has 0 spiro atoms. The van der Waals surface area contributed by atoms with Gasteiger partial charge in [-0.25, -0.2) is 17.6 Å². The Morgan fingerprint density at radius 2 is 1.55 bits per heavy atom. The number of nitrogens with zero attached hydrogens (tertiary/aromatic N) is 1. The number of hydrogen-bond donors (Lipinski definition) is 0. The number of rotatable bonds is 5. The maximum absolute atomic E-state index is 13.1. The van der Waals surface area contributed by atoms with Crippen LogP contribution in [-0.4, -0.2) is 31.9 Å². The fourth-order valence-corrected chi connectivity index (χ4v) is 5.11. The van der Waals surface area contributed by atoms with Crippen molar-refractivity contribution >= 4 is 10.0 Å². The number of aryl methyl sites for hydroxylation is 1. The number of hydrogen-bond acceptors (Lipinski definition) is 5. The Bertz CT molecular complexity index is 1210. The Morgan fingerprint density at radius 1 is 0.968 bits per heavy atom.